The molecule has 2 aromatic rings. The molecule has 0 aromatic heterocycles. The van der Waals surface area contributed by atoms with Gasteiger partial charge in [0.25, 0.3) is 0 Å². The Labute approximate surface area is 145 Å². The van der Waals surface area contributed by atoms with Crippen LogP contribution in [0.3, 0.4) is 0 Å². The summed E-state index contributed by atoms with van der Waals surface area (Å²) < 4.78 is 10.2. The first-order valence-electron chi connectivity index (χ1n) is 7.86. The first-order valence-corrected chi connectivity index (χ1v) is 7.86. The smallest absolute Gasteiger partial charge is 0.355 e. The van der Waals surface area contributed by atoms with Crippen LogP contribution in [0.25, 0.3) is 0 Å². The number of nitrogens with two attached hydrogens (primary N) is 1. The zero-order valence-corrected chi connectivity index (χ0v) is 14.0. The van der Waals surface area contributed by atoms with Crippen LogP contribution in [0.2, 0.25) is 0 Å². The minimum atomic E-state index is -1.68. The van der Waals surface area contributed by atoms with Crippen LogP contribution < -0.4 is 10.5 Å². The van der Waals surface area contributed by atoms with E-state index in [4.69, 9.17) is 15.2 Å². The van der Waals surface area contributed by atoms with Gasteiger partial charge in [0.2, 0.25) is 0 Å². The van der Waals surface area contributed by atoms with Gasteiger partial charge < -0.3 is 15.2 Å². The Morgan fingerprint density at radius 3 is 2.44 bits per heavy atom. The molecule has 2 aromatic carbocycles. The van der Waals surface area contributed by atoms with E-state index in [0.717, 1.165) is 0 Å². The van der Waals surface area contributed by atoms with E-state index in [0.29, 0.717) is 22.6 Å². The molecule has 1 unspecified atom stereocenters. The van der Waals surface area contributed by atoms with Gasteiger partial charge in [-0.15, -0.1) is 0 Å². The zero-order valence-electron chi connectivity index (χ0n) is 14.0. The Morgan fingerprint density at radius 2 is 1.80 bits per heavy atom. The normalized spacial score (nSPS) is 18.3. The van der Waals surface area contributed by atoms with Crippen LogP contribution in [-0.2, 0) is 15.1 Å². The molecule has 128 valence electrons. The lowest BCUT2D eigenvalue weighted by atomic mass is 9.80. The number of para-hydroxylation sites is 1. The Hall–Kier alpha value is -2.99. The molecule has 0 fully saturated rings. The van der Waals surface area contributed by atoms with Crippen molar-refractivity contribution in [2.24, 2.45) is 10.7 Å². The molecule has 1 aliphatic heterocycles. The highest BCUT2D eigenvalue weighted by Crippen LogP contribution is 2.39. The van der Waals surface area contributed by atoms with Crippen LogP contribution in [0, 0.1) is 0 Å². The van der Waals surface area contributed by atoms with Gasteiger partial charge in [-0.05, 0) is 37.3 Å². The van der Waals surface area contributed by atoms with Gasteiger partial charge in [-0.1, -0.05) is 18.2 Å². The summed E-state index contributed by atoms with van der Waals surface area (Å²) >= 11 is 0. The molecule has 0 radical (unpaired) electrons. The van der Waals surface area contributed by atoms with Crippen molar-refractivity contribution in [3.05, 3.63) is 59.7 Å². The summed E-state index contributed by atoms with van der Waals surface area (Å²) in [6.45, 7) is 1.85. The highest BCUT2D eigenvalue weighted by Gasteiger charge is 2.50. The molecule has 6 nitrogen and oxygen atoms in total. The second-order valence-electron chi connectivity index (χ2n) is 5.56. The van der Waals surface area contributed by atoms with E-state index < -0.39 is 17.3 Å². The minimum Gasteiger partial charge on any atom is -0.497 e. The number of ether oxygens (including phenoxy) is 2. The fourth-order valence-electron chi connectivity index (χ4n) is 2.85. The van der Waals surface area contributed by atoms with Gasteiger partial charge in [0, 0.05) is 11.1 Å². The highest BCUT2D eigenvalue weighted by atomic mass is 16.5. The van der Waals surface area contributed by atoms with Crippen molar-refractivity contribution < 1.29 is 19.1 Å². The Kier molecular flexibility index (Phi) is 4.37. The van der Waals surface area contributed by atoms with E-state index in [9.17, 15) is 9.59 Å². The molecular weight excluding hydrogens is 320 g/mol. The number of hydrogen-bond acceptors (Lipinski definition) is 6. The van der Waals surface area contributed by atoms with Crippen LogP contribution >= 0.6 is 0 Å². The van der Waals surface area contributed by atoms with Gasteiger partial charge >= 0.3 is 5.97 Å². The fourth-order valence-corrected chi connectivity index (χ4v) is 2.85. The molecule has 25 heavy (non-hydrogen) atoms. The molecule has 0 spiro atoms. The summed E-state index contributed by atoms with van der Waals surface area (Å²) in [6, 6.07) is 13.5. The first kappa shape index (κ1) is 16.9. The molecule has 6 heteroatoms. The zero-order chi connectivity index (χ0) is 18.0. The molecule has 1 heterocycles. The number of benzene rings is 2. The van der Waals surface area contributed by atoms with E-state index in [2.05, 4.69) is 4.99 Å². The second kappa shape index (κ2) is 6.49. The van der Waals surface area contributed by atoms with E-state index in [-0.39, 0.29) is 12.3 Å². The van der Waals surface area contributed by atoms with Crippen molar-refractivity contribution >= 4 is 23.2 Å². The maximum absolute atomic E-state index is 13.2. The SMILES string of the molecule is CCOC(=O)C1=Nc2ccccc2C1(N)C(=O)c1ccc(OC)cc1. The van der Waals surface area contributed by atoms with Crippen LogP contribution in [0.5, 0.6) is 5.75 Å². The number of ketones is 1. The molecular formula is C19H18N2O4. The number of carbonyl (C=O) groups is 2. The second-order valence-corrected chi connectivity index (χ2v) is 5.56. The van der Waals surface area contributed by atoms with Crippen molar-refractivity contribution in [1.82, 2.24) is 0 Å². The van der Waals surface area contributed by atoms with Crippen LogP contribution in [0.4, 0.5) is 5.69 Å². The number of aliphatic imine (C=N–C) groups is 1. The predicted molar refractivity (Wildman–Crippen MR) is 93.4 cm³/mol. The Bertz CT molecular complexity index is 858. The first-order chi connectivity index (χ1) is 12.0. The minimum absolute atomic E-state index is 0.101. The van der Waals surface area contributed by atoms with Gasteiger partial charge in [0.05, 0.1) is 19.4 Å². The quantitative estimate of drug-likeness (QED) is 0.667. The largest absolute Gasteiger partial charge is 0.497 e. The molecule has 2 N–H and O–H groups in total. The number of carbonyl (C=O) groups excluding carboxylic acids is 2. The number of nitrogens with zero attached hydrogens (tertiary/aromatic N) is 1. The number of esters is 1. The lowest BCUT2D eigenvalue weighted by molar-refractivity contribution is -0.135. The Balaban J connectivity index is 2.09. The number of methoxy groups -OCH3 is 1. The van der Waals surface area contributed by atoms with Crippen molar-refractivity contribution in [3.63, 3.8) is 0 Å². The highest BCUT2D eigenvalue weighted by molar-refractivity contribution is 6.47. The van der Waals surface area contributed by atoms with Gasteiger partial charge in [-0.2, -0.15) is 0 Å². The van der Waals surface area contributed by atoms with Crippen molar-refractivity contribution in [1.29, 1.82) is 0 Å². The van der Waals surface area contributed by atoms with Crippen LogP contribution in [-0.4, -0.2) is 31.2 Å². The van der Waals surface area contributed by atoms with E-state index >= 15 is 0 Å². The van der Waals surface area contributed by atoms with Gasteiger partial charge in [0.1, 0.15) is 5.75 Å². The van der Waals surface area contributed by atoms with Crippen LogP contribution in [0.1, 0.15) is 22.8 Å². The summed E-state index contributed by atoms with van der Waals surface area (Å²) in [5, 5.41) is 0. The summed E-state index contributed by atoms with van der Waals surface area (Å²) in [5.41, 5.74) is 6.03. The number of fused-ring (bicyclic) bond motifs is 1. The third-order valence-corrected chi connectivity index (χ3v) is 4.11. The molecule has 0 saturated carbocycles. The van der Waals surface area contributed by atoms with E-state index in [1.165, 1.54) is 0 Å². The summed E-state index contributed by atoms with van der Waals surface area (Å²) in [6.07, 6.45) is 0. The van der Waals surface area contributed by atoms with Crippen molar-refractivity contribution in [2.45, 2.75) is 12.5 Å². The van der Waals surface area contributed by atoms with E-state index in [1.807, 2.05) is 0 Å². The molecule has 3 rings (SSSR count). The standard InChI is InChI=1S/C19H18N2O4/c1-3-25-18(23)16-19(20,14-6-4-5-7-15(14)21-16)17(22)12-8-10-13(24-2)11-9-12/h4-11H,3,20H2,1-2H3. The average Bonchev–Trinajstić information content (AvgIpc) is 2.96. The van der Waals surface area contributed by atoms with Gasteiger partial charge in [-0.25, -0.2) is 9.79 Å². The predicted octanol–water partition coefficient (Wildman–Crippen LogP) is 2.38. The van der Waals surface area contributed by atoms with Crippen molar-refractivity contribution in [2.75, 3.05) is 13.7 Å². The third-order valence-electron chi connectivity index (χ3n) is 4.11. The number of rotatable bonds is 5. The maximum atomic E-state index is 13.2. The van der Waals surface area contributed by atoms with Gasteiger partial charge in [-0.3, -0.25) is 4.79 Å². The average molecular weight is 338 g/mol. The van der Waals surface area contributed by atoms with Crippen molar-refractivity contribution in [3.8, 4) is 5.75 Å². The van der Waals surface area contributed by atoms with Crippen LogP contribution in [0.15, 0.2) is 53.5 Å². The lowest BCUT2D eigenvalue weighted by Gasteiger charge is -2.25. The summed E-state index contributed by atoms with van der Waals surface area (Å²) in [7, 11) is 1.54. The summed E-state index contributed by atoms with van der Waals surface area (Å²) in [4.78, 5) is 29.8. The lowest BCUT2D eigenvalue weighted by Crippen LogP contribution is -2.53. The fraction of sp³-hybridized carbons (Fsp3) is 0.211. The maximum Gasteiger partial charge on any atom is 0.355 e. The van der Waals surface area contributed by atoms with E-state index in [1.54, 1.807) is 62.6 Å². The molecule has 0 aliphatic carbocycles. The molecule has 1 atom stereocenters. The molecule has 0 bridgehead atoms. The Morgan fingerprint density at radius 1 is 1.12 bits per heavy atom. The molecule has 1 aliphatic rings. The molecule has 0 amide bonds. The monoisotopic (exact) mass is 338 g/mol. The number of Topliss-reactive ketones (excluding diaryl/α,β-unsaturated/α-hetero) is 1. The molecule has 0 saturated heterocycles. The number of hydrogen-bond donors (Lipinski definition) is 1. The van der Waals surface area contributed by atoms with Gasteiger partial charge in [0.15, 0.2) is 17.0 Å². The topological polar surface area (TPSA) is 91.0 Å². The third kappa shape index (κ3) is 2.70. The summed E-state index contributed by atoms with van der Waals surface area (Å²) in [5.74, 6) is -0.497.